The molecule has 2 unspecified atom stereocenters. The molecule has 10 rings (SSSR count). The number of aromatic carboxylic acids is 13. The average molecular weight is 1710 g/mol. The summed E-state index contributed by atoms with van der Waals surface area (Å²) in [7, 11) is 0. The first kappa shape index (κ1) is 102. The zero-order valence-corrected chi connectivity index (χ0v) is 74.7. The smallest absolute Gasteiger partial charge is 0.132 e. The van der Waals surface area contributed by atoms with Crippen molar-refractivity contribution in [1.29, 1.82) is 0 Å². The summed E-state index contributed by atoms with van der Waals surface area (Å²) in [6.45, 7) is 46.7. The van der Waals surface area contributed by atoms with Crippen molar-refractivity contribution in [1.82, 2.24) is 0 Å². The molecule has 0 aliphatic heterocycles. The Morgan fingerprint density at radius 3 is 0.648 bits per heavy atom. The zero-order valence-electron chi connectivity index (χ0n) is 74.7. The summed E-state index contributed by atoms with van der Waals surface area (Å²) >= 11 is 0. The third kappa shape index (κ3) is 20.3. The lowest BCUT2D eigenvalue weighted by Crippen LogP contribution is -2.36. The molecule has 0 fully saturated rings. The average Bonchev–Trinajstić information content (AvgIpc) is 0.724. The minimum atomic E-state index is -1.68. The van der Waals surface area contributed by atoms with Crippen LogP contribution >= 0.6 is 0 Å². The van der Waals surface area contributed by atoms with Crippen LogP contribution in [0.4, 0.5) is 0 Å². The largest absolute Gasteiger partial charge is 0.545 e. The SMILES string of the molecule is CCCCOc1c(C)c(C(=O)[O-])c(OCCCC)c(C)c1C(=O)[O-].Cc1c(C(=O)[O-])c(C)c2c(C)c(C)c(C(=O)[O-])c(C)c2c1C.Cc1c(C)c(-c2c(C)c(C)c(C(=O)[O-])c(C)c2C)c(C)c(C)c1C(=O)[O-].Cc1c(C)c(C(=O)[O-])c2c(c1C(=O)[O-])C(C)C2C.Cc1cc2c(C(=O)[O-])c(C)c(C)c(C(=O)[O-])c2cc1C.O=C([O-])c1cc(C(=O)[O-])cc(C(=O)[O-])c1. The Bertz CT molecular complexity index is 5600. The summed E-state index contributed by atoms with van der Waals surface area (Å²) in [5, 5.41) is 148. The lowest BCUT2D eigenvalue weighted by Gasteiger charge is -2.41. The zero-order chi connectivity index (χ0) is 95.8. The van der Waals surface area contributed by atoms with Gasteiger partial charge in [-0.25, -0.2) is 0 Å². The van der Waals surface area contributed by atoms with Crippen molar-refractivity contribution in [2.45, 2.75) is 218 Å². The van der Waals surface area contributed by atoms with E-state index < -0.39 is 94.3 Å². The molecule has 1 aliphatic rings. The van der Waals surface area contributed by atoms with Crippen LogP contribution in [0.2, 0.25) is 0 Å². The fourth-order valence-electron chi connectivity index (χ4n) is 16.3. The number of benzene rings is 9. The van der Waals surface area contributed by atoms with Crippen LogP contribution in [0.25, 0.3) is 32.7 Å². The molecule has 9 aromatic rings. The molecule has 0 saturated heterocycles. The highest BCUT2D eigenvalue weighted by Crippen LogP contribution is 2.52. The van der Waals surface area contributed by atoms with Gasteiger partial charge in [-0.15, -0.1) is 0 Å². The maximum atomic E-state index is 11.6. The van der Waals surface area contributed by atoms with Gasteiger partial charge in [0.1, 0.15) is 11.5 Å². The van der Waals surface area contributed by atoms with Crippen LogP contribution in [-0.2, 0) is 0 Å². The van der Waals surface area contributed by atoms with Crippen LogP contribution in [0.5, 0.6) is 11.5 Å². The molecule has 0 saturated carbocycles. The summed E-state index contributed by atoms with van der Waals surface area (Å²) < 4.78 is 11.1. The molecule has 9 aromatic carbocycles. The molecular formula is C97H97O28-13. The number of carbonyl (C=O) groups is 13. The molecule has 0 bridgehead atoms. The van der Waals surface area contributed by atoms with E-state index in [-0.39, 0.29) is 90.1 Å². The maximum absolute atomic E-state index is 11.6. The van der Waals surface area contributed by atoms with Crippen molar-refractivity contribution in [2.24, 2.45) is 0 Å². The molecule has 0 amide bonds. The fourth-order valence-corrected chi connectivity index (χ4v) is 16.3. The predicted molar refractivity (Wildman–Crippen MR) is 437 cm³/mol. The van der Waals surface area contributed by atoms with Gasteiger partial charge in [0.05, 0.1) is 90.8 Å². The topological polar surface area (TPSA) is 540 Å². The number of hydrogen-bond acceptors (Lipinski definition) is 28. The van der Waals surface area contributed by atoms with Crippen molar-refractivity contribution in [3.05, 3.63) is 236 Å². The van der Waals surface area contributed by atoms with Crippen LogP contribution in [0.1, 0.15) is 333 Å². The Balaban J connectivity index is 0.000000268. The Morgan fingerprint density at radius 1 is 0.240 bits per heavy atom. The lowest BCUT2D eigenvalue weighted by atomic mass is 9.64. The fraction of sp³-hybridized carbons (Fsp3) is 0.351. The van der Waals surface area contributed by atoms with Gasteiger partial charge >= 0.3 is 0 Å². The Labute approximate surface area is 723 Å². The summed E-state index contributed by atoms with van der Waals surface area (Å²) in [4.78, 5) is 146. The van der Waals surface area contributed by atoms with E-state index in [0.29, 0.717) is 102 Å². The predicted octanol–water partition coefficient (Wildman–Crippen LogP) is 3.18. The van der Waals surface area contributed by atoms with E-state index in [0.717, 1.165) is 110 Å². The summed E-state index contributed by atoms with van der Waals surface area (Å²) in [5.74, 6) is -17.6. The van der Waals surface area contributed by atoms with Gasteiger partial charge in [-0.05, 0) is 367 Å². The van der Waals surface area contributed by atoms with Crippen molar-refractivity contribution in [2.75, 3.05) is 13.2 Å². The molecule has 0 spiro atoms. The number of rotatable bonds is 22. The summed E-state index contributed by atoms with van der Waals surface area (Å²) in [6.07, 6.45) is 3.18. The van der Waals surface area contributed by atoms with Crippen molar-refractivity contribution in [3.63, 3.8) is 0 Å². The van der Waals surface area contributed by atoms with Crippen LogP contribution in [0.3, 0.4) is 0 Å². The lowest BCUT2D eigenvalue weighted by molar-refractivity contribution is -0.257. The first-order valence-corrected chi connectivity index (χ1v) is 39.7. The molecular weight excluding hydrogens is 1610 g/mol. The molecule has 125 heavy (non-hydrogen) atoms. The second kappa shape index (κ2) is 40.9. The number of carbonyl (C=O) groups excluding carboxylic acids is 13. The maximum Gasteiger partial charge on any atom is 0.132 e. The van der Waals surface area contributed by atoms with E-state index in [1.807, 2.05) is 83.1 Å². The quantitative estimate of drug-likeness (QED) is 0.0879. The Morgan fingerprint density at radius 2 is 0.440 bits per heavy atom. The molecule has 28 heteroatoms. The molecule has 2 atom stereocenters. The highest BCUT2D eigenvalue weighted by Gasteiger charge is 2.38. The van der Waals surface area contributed by atoms with Gasteiger partial charge in [-0.2, -0.15) is 0 Å². The number of hydrogen-bond donors (Lipinski definition) is 0. The van der Waals surface area contributed by atoms with Gasteiger partial charge in [0, 0.05) is 66.8 Å². The van der Waals surface area contributed by atoms with Crippen molar-refractivity contribution >= 4 is 99.1 Å². The van der Waals surface area contributed by atoms with Gasteiger partial charge in [0.15, 0.2) is 0 Å². The first-order chi connectivity index (χ1) is 57.8. The molecule has 0 N–H and O–H groups in total. The first-order valence-electron chi connectivity index (χ1n) is 39.7. The van der Waals surface area contributed by atoms with E-state index in [1.165, 1.54) is 13.8 Å². The number of aryl methyl sites for hydroxylation is 6. The molecule has 0 heterocycles. The number of ether oxygens (including phenoxy) is 2. The normalized spacial score (nSPS) is 12.1. The molecule has 28 nitrogen and oxygen atoms in total. The van der Waals surface area contributed by atoms with Crippen LogP contribution < -0.4 is 75.9 Å². The minimum absolute atomic E-state index is 0.0167. The van der Waals surface area contributed by atoms with E-state index in [4.69, 9.17) is 9.47 Å². The molecule has 0 radical (unpaired) electrons. The van der Waals surface area contributed by atoms with Crippen molar-refractivity contribution < 1.29 is 138 Å². The van der Waals surface area contributed by atoms with Gasteiger partial charge in [-0.1, -0.05) is 52.7 Å². The van der Waals surface area contributed by atoms with E-state index in [9.17, 15) is 129 Å². The Hall–Kier alpha value is -13.8. The van der Waals surface area contributed by atoms with Crippen LogP contribution in [-0.4, -0.2) is 90.8 Å². The van der Waals surface area contributed by atoms with Gasteiger partial charge in [0.2, 0.25) is 0 Å². The molecule has 666 valence electrons. The monoisotopic (exact) mass is 1710 g/mol. The number of fused-ring (bicyclic) bond motifs is 3. The van der Waals surface area contributed by atoms with Gasteiger partial charge < -0.3 is 138 Å². The van der Waals surface area contributed by atoms with Crippen LogP contribution in [0, 0.1) is 152 Å². The molecule has 0 aromatic heterocycles. The number of unbranched alkanes of at least 4 members (excludes halogenated alkanes) is 2. The summed E-state index contributed by atoms with van der Waals surface area (Å²) in [5.41, 5.74) is 16.5. The minimum Gasteiger partial charge on any atom is -0.545 e. The highest BCUT2D eigenvalue weighted by molar-refractivity contribution is 6.13. The van der Waals surface area contributed by atoms with Gasteiger partial charge in [-0.3, -0.25) is 0 Å². The third-order valence-electron chi connectivity index (χ3n) is 24.2. The third-order valence-corrected chi connectivity index (χ3v) is 24.2. The summed E-state index contributed by atoms with van der Waals surface area (Å²) in [6, 6.07) is 5.62. The second-order valence-corrected chi connectivity index (χ2v) is 31.2. The van der Waals surface area contributed by atoms with Crippen LogP contribution in [0.15, 0.2) is 30.3 Å². The van der Waals surface area contributed by atoms with E-state index in [1.54, 1.807) is 95.2 Å². The highest BCUT2D eigenvalue weighted by atomic mass is 16.5. The second-order valence-electron chi connectivity index (χ2n) is 31.2. The van der Waals surface area contributed by atoms with Crippen molar-refractivity contribution in [3.8, 4) is 22.6 Å². The van der Waals surface area contributed by atoms with E-state index in [2.05, 4.69) is 0 Å². The molecule has 1 aliphatic carbocycles. The number of carboxylic acids is 13. The van der Waals surface area contributed by atoms with Gasteiger partial charge in [0.25, 0.3) is 0 Å². The Kier molecular flexibility index (Phi) is 33.3. The number of carboxylic acid groups (broad SMARTS) is 13. The standard InChI is InChI=1S/C22H26O4.C18H26O6.C18H20O4.C16H16O4.C14H16O4.C9H6O6/c1-9-13(5)19(21(23)24)14(6)10(2)17(9)18-11(3)15(7)20(22(25)26)16(8)12(18)4;1-5-7-9-23-15-11(3)14(18(21)22)16(24-10-8-6-2)12(4)13(15)17(19)20;1-7-9(3)15(17(19)20)12(6)14-8(2)10(4)16(18(21)22)11(5)13(7)14;1-7-5-11-12(6-8(7)2)14(16(19)20)10(4)9(3)13(11)15(17)18;1-5-6(2)10-9(5)11(13(15)16)7(3)8(4)12(10)14(17)18;10-7(11)4-1-5(8(12)13)3-6(2-4)9(14)15/h1-8H3,(H,23,24)(H,25,26);5-10H2,1-4H3,(H,19,20)(H,21,22);1-6H3,(H,19,20)(H,21,22);5-6H,1-4H3,(H,17,18)(H,19,20);5-6H,1-4H3,(H,15,16)(H,17,18);1-3H,(H,10,11)(H,12,13)(H,14,15)/p-13. The van der Waals surface area contributed by atoms with E-state index >= 15 is 0 Å².